The highest BCUT2D eigenvalue weighted by Crippen LogP contribution is 2.13. The Balaban J connectivity index is 2.42. The fourth-order valence-corrected chi connectivity index (χ4v) is 1.23. The van der Waals surface area contributed by atoms with Crippen molar-refractivity contribution in [3.63, 3.8) is 0 Å². The molecule has 2 aromatic heterocycles. The molecule has 0 aliphatic rings. The molecule has 3 N–H and O–H groups in total. The summed E-state index contributed by atoms with van der Waals surface area (Å²) in [6, 6.07) is 0. The van der Waals surface area contributed by atoms with Crippen molar-refractivity contribution in [1.29, 1.82) is 0 Å². The highest BCUT2D eigenvalue weighted by molar-refractivity contribution is 5.81. The molecule has 0 saturated heterocycles. The molecular formula is C7H11N7O. The minimum absolute atomic E-state index is 0.462. The average molecular weight is 209 g/mol. The van der Waals surface area contributed by atoms with E-state index in [-0.39, 0.29) is 0 Å². The number of nitrogen functional groups attached to an aromatic ring is 1. The summed E-state index contributed by atoms with van der Waals surface area (Å²) in [7, 11) is 1.63. The van der Waals surface area contributed by atoms with Crippen molar-refractivity contribution >= 4 is 17.0 Å². The van der Waals surface area contributed by atoms with Gasteiger partial charge in [0.05, 0.1) is 13.2 Å². The Morgan fingerprint density at radius 3 is 3.13 bits per heavy atom. The van der Waals surface area contributed by atoms with Gasteiger partial charge in [0.1, 0.15) is 6.33 Å². The molecule has 8 nitrogen and oxygen atoms in total. The van der Waals surface area contributed by atoms with E-state index in [9.17, 15) is 0 Å². The summed E-state index contributed by atoms with van der Waals surface area (Å²) in [5, 5.41) is 7.86. The Morgan fingerprint density at radius 1 is 1.53 bits per heavy atom. The normalized spacial score (nSPS) is 10.8. The highest BCUT2D eigenvalue weighted by atomic mass is 16.5. The number of aromatic nitrogens is 5. The number of hydrazine groups is 1. The predicted molar refractivity (Wildman–Crippen MR) is 52.8 cm³/mol. The number of nitrogens with two attached hydrogens (primary N) is 1. The fourth-order valence-electron chi connectivity index (χ4n) is 1.23. The molecule has 0 aliphatic heterocycles. The summed E-state index contributed by atoms with van der Waals surface area (Å²) < 4.78 is 6.59. The summed E-state index contributed by atoms with van der Waals surface area (Å²) in [5.41, 5.74) is 3.63. The smallest absolute Gasteiger partial charge is 0.183 e. The van der Waals surface area contributed by atoms with E-state index in [4.69, 9.17) is 10.6 Å². The van der Waals surface area contributed by atoms with Gasteiger partial charge in [-0.15, -0.1) is 5.10 Å². The van der Waals surface area contributed by atoms with Gasteiger partial charge in [0.2, 0.25) is 0 Å². The third-order valence-electron chi connectivity index (χ3n) is 1.94. The van der Waals surface area contributed by atoms with E-state index in [1.54, 1.807) is 11.8 Å². The fraction of sp³-hybridized carbons (Fsp3) is 0.429. The first kappa shape index (κ1) is 9.74. The minimum Gasteiger partial charge on any atom is -0.383 e. The van der Waals surface area contributed by atoms with Gasteiger partial charge in [-0.25, -0.2) is 20.5 Å². The van der Waals surface area contributed by atoms with Crippen molar-refractivity contribution in [1.82, 2.24) is 25.0 Å². The molecule has 80 valence electrons. The van der Waals surface area contributed by atoms with E-state index < -0.39 is 0 Å². The molecule has 0 radical (unpaired) electrons. The SMILES string of the molecule is COCCn1nnc2c(NN)ncnc21. The number of anilines is 1. The van der Waals surface area contributed by atoms with Crippen molar-refractivity contribution in [2.24, 2.45) is 5.84 Å². The number of ether oxygens (including phenoxy) is 1. The molecule has 0 aromatic carbocycles. The molecule has 2 rings (SSSR count). The minimum atomic E-state index is 0.462. The van der Waals surface area contributed by atoms with Gasteiger partial charge in [-0.05, 0) is 0 Å². The molecule has 0 atom stereocenters. The molecule has 0 bridgehead atoms. The Bertz CT molecular complexity index is 454. The first-order chi connectivity index (χ1) is 7.36. The number of nitrogens with one attached hydrogen (secondary N) is 1. The topological polar surface area (TPSA) is 104 Å². The largest absolute Gasteiger partial charge is 0.383 e. The summed E-state index contributed by atoms with van der Waals surface area (Å²) in [5.74, 6) is 5.75. The van der Waals surface area contributed by atoms with Gasteiger partial charge in [-0.3, -0.25) is 0 Å². The standard InChI is InChI=1S/C7H11N7O/c1-15-3-2-14-7-5(12-13-14)6(11-8)9-4-10-7/h4H,2-3,8H2,1H3,(H,9,10,11). The van der Waals surface area contributed by atoms with Crippen LogP contribution in [0.4, 0.5) is 5.82 Å². The van der Waals surface area contributed by atoms with E-state index >= 15 is 0 Å². The number of methoxy groups -OCH3 is 1. The van der Waals surface area contributed by atoms with Crippen molar-refractivity contribution in [2.75, 3.05) is 19.1 Å². The molecule has 0 fully saturated rings. The Morgan fingerprint density at radius 2 is 2.40 bits per heavy atom. The van der Waals surface area contributed by atoms with Crippen LogP contribution in [0.5, 0.6) is 0 Å². The number of hydrogen-bond acceptors (Lipinski definition) is 7. The molecule has 0 amide bonds. The Labute approximate surface area is 85.4 Å². The molecule has 2 heterocycles. The van der Waals surface area contributed by atoms with E-state index in [2.05, 4.69) is 25.7 Å². The lowest BCUT2D eigenvalue weighted by Gasteiger charge is -2.00. The van der Waals surface area contributed by atoms with Crippen LogP contribution < -0.4 is 11.3 Å². The van der Waals surface area contributed by atoms with Crippen molar-refractivity contribution in [2.45, 2.75) is 6.54 Å². The summed E-state index contributed by atoms with van der Waals surface area (Å²) >= 11 is 0. The van der Waals surface area contributed by atoms with Crippen LogP contribution in [0.2, 0.25) is 0 Å². The Kier molecular flexibility index (Phi) is 2.70. The van der Waals surface area contributed by atoms with Crippen LogP contribution in [0.1, 0.15) is 0 Å². The predicted octanol–water partition coefficient (Wildman–Crippen LogP) is -0.847. The second-order valence-corrected chi connectivity index (χ2v) is 2.84. The molecule has 0 spiro atoms. The average Bonchev–Trinajstić information content (AvgIpc) is 2.69. The van der Waals surface area contributed by atoms with Crippen LogP contribution in [0.3, 0.4) is 0 Å². The van der Waals surface area contributed by atoms with E-state index in [0.29, 0.717) is 30.1 Å². The quantitative estimate of drug-likeness (QED) is 0.499. The number of fused-ring (bicyclic) bond motifs is 1. The van der Waals surface area contributed by atoms with Gasteiger partial charge in [0, 0.05) is 7.11 Å². The second kappa shape index (κ2) is 4.15. The third-order valence-corrected chi connectivity index (χ3v) is 1.94. The molecular weight excluding hydrogens is 198 g/mol. The van der Waals surface area contributed by atoms with Crippen LogP contribution in [0.15, 0.2) is 6.33 Å². The molecule has 2 aromatic rings. The summed E-state index contributed by atoms with van der Waals surface area (Å²) in [6.45, 7) is 1.14. The van der Waals surface area contributed by atoms with Crippen LogP contribution in [0, 0.1) is 0 Å². The van der Waals surface area contributed by atoms with Crippen LogP contribution >= 0.6 is 0 Å². The van der Waals surface area contributed by atoms with Crippen molar-refractivity contribution in [3.05, 3.63) is 6.33 Å². The molecule has 8 heteroatoms. The summed E-state index contributed by atoms with van der Waals surface area (Å²) in [6.07, 6.45) is 1.41. The summed E-state index contributed by atoms with van der Waals surface area (Å²) in [4.78, 5) is 8.00. The lowest BCUT2D eigenvalue weighted by Crippen LogP contribution is -2.10. The van der Waals surface area contributed by atoms with Gasteiger partial charge < -0.3 is 10.2 Å². The molecule has 0 unspecified atom stereocenters. The third kappa shape index (κ3) is 1.72. The maximum absolute atomic E-state index is 5.28. The molecule has 0 aliphatic carbocycles. The van der Waals surface area contributed by atoms with E-state index in [1.165, 1.54) is 6.33 Å². The number of rotatable bonds is 4. The van der Waals surface area contributed by atoms with Gasteiger partial charge in [-0.1, -0.05) is 5.21 Å². The number of nitrogens with zero attached hydrogens (tertiary/aromatic N) is 5. The van der Waals surface area contributed by atoms with Crippen LogP contribution in [-0.2, 0) is 11.3 Å². The first-order valence-corrected chi connectivity index (χ1v) is 4.36. The van der Waals surface area contributed by atoms with Gasteiger partial charge in [0.25, 0.3) is 0 Å². The monoisotopic (exact) mass is 209 g/mol. The van der Waals surface area contributed by atoms with E-state index in [0.717, 1.165) is 0 Å². The van der Waals surface area contributed by atoms with E-state index in [1.807, 2.05) is 0 Å². The van der Waals surface area contributed by atoms with Crippen molar-refractivity contribution in [3.8, 4) is 0 Å². The second-order valence-electron chi connectivity index (χ2n) is 2.84. The van der Waals surface area contributed by atoms with Gasteiger partial charge >= 0.3 is 0 Å². The highest BCUT2D eigenvalue weighted by Gasteiger charge is 2.09. The zero-order chi connectivity index (χ0) is 10.7. The zero-order valence-electron chi connectivity index (χ0n) is 8.21. The maximum Gasteiger partial charge on any atom is 0.183 e. The van der Waals surface area contributed by atoms with Crippen molar-refractivity contribution < 1.29 is 4.74 Å². The van der Waals surface area contributed by atoms with Crippen LogP contribution in [0.25, 0.3) is 11.2 Å². The van der Waals surface area contributed by atoms with Gasteiger partial charge in [-0.2, -0.15) is 0 Å². The number of hydrogen-bond donors (Lipinski definition) is 2. The zero-order valence-corrected chi connectivity index (χ0v) is 8.21. The molecule has 0 saturated carbocycles. The Hall–Kier alpha value is -1.80. The molecule has 15 heavy (non-hydrogen) atoms. The first-order valence-electron chi connectivity index (χ1n) is 4.36. The lowest BCUT2D eigenvalue weighted by atomic mass is 10.5. The van der Waals surface area contributed by atoms with Gasteiger partial charge in [0.15, 0.2) is 17.0 Å². The maximum atomic E-state index is 5.28. The van der Waals surface area contributed by atoms with Crippen LogP contribution in [-0.4, -0.2) is 38.7 Å². The lowest BCUT2D eigenvalue weighted by molar-refractivity contribution is 0.184.